The summed E-state index contributed by atoms with van der Waals surface area (Å²) in [5.74, 6) is 0. The Kier molecular flexibility index (Phi) is 2.81. The zero-order valence-corrected chi connectivity index (χ0v) is 10.2. The number of aryl methyl sites for hydroxylation is 1. The molecular formula is C10H16N2O3S. The minimum Gasteiger partial charge on any atom is -0.390 e. The average molecular weight is 244 g/mol. The van der Waals surface area contributed by atoms with Crippen LogP contribution in [0.25, 0.3) is 0 Å². The van der Waals surface area contributed by atoms with Crippen molar-refractivity contribution in [3.63, 3.8) is 0 Å². The summed E-state index contributed by atoms with van der Waals surface area (Å²) in [5.41, 5.74) is 0.600. The fraction of sp³-hybridized carbons (Fsp3) is 0.600. The highest BCUT2D eigenvalue weighted by atomic mass is 32.2. The summed E-state index contributed by atoms with van der Waals surface area (Å²) in [4.78, 5) is 0.258. The van der Waals surface area contributed by atoms with Gasteiger partial charge in [0, 0.05) is 32.0 Å². The van der Waals surface area contributed by atoms with E-state index in [-0.39, 0.29) is 17.5 Å². The van der Waals surface area contributed by atoms with E-state index in [2.05, 4.69) is 0 Å². The predicted molar refractivity (Wildman–Crippen MR) is 59.3 cm³/mol. The van der Waals surface area contributed by atoms with Gasteiger partial charge in [-0.15, -0.1) is 0 Å². The molecule has 1 aliphatic carbocycles. The van der Waals surface area contributed by atoms with Crippen molar-refractivity contribution in [2.75, 3.05) is 7.05 Å². The van der Waals surface area contributed by atoms with E-state index in [0.29, 0.717) is 5.69 Å². The van der Waals surface area contributed by atoms with Gasteiger partial charge in [-0.1, -0.05) is 0 Å². The summed E-state index contributed by atoms with van der Waals surface area (Å²) in [5, 5.41) is 9.03. The highest BCUT2D eigenvalue weighted by Gasteiger charge is 2.35. The highest BCUT2D eigenvalue weighted by Crippen LogP contribution is 2.30. The lowest BCUT2D eigenvalue weighted by atomic mass is 10.5. The average Bonchev–Trinajstić information content (AvgIpc) is 3.00. The molecule has 1 saturated carbocycles. The highest BCUT2D eigenvalue weighted by molar-refractivity contribution is 7.89. The summed E-state index contributed by atoms with van der Waals surface area (Å²) in [6.07, 6.45) is 3.42. The third kappa shape index (κ3) is 1.88. The number of aromatic nitrogens is 1. The van der Waals surface area contributed by atoms with Crippen molar-refractivity contribution < 1.29 is 13.5 Å². The number of hydrogen-bond donors (Lipinski definition) is 1. The van der Waals surface area contributed by atoms with E-state index in [1.807, 2.05) is 0 Å². The quantitative estimate of drug-likeness (QED) is 0.828. The number of hydrogen-bond acceptors (Lipinski definition) is 3. The minimum absolute atomic E-state index is 0.154. The van der Waals surface area contributed by atoms with E-state index in [0.717, 1.165) is 12.8 Å². The van der Waals surface area contributed by atoms with E-state index >= 15 is 0 Å². The predicted octanol–water partition coefficient (Wildman–Crippen LogP) is 0.300. The van der Waals surface area contributed by atoms with Gasteiger partial charge >= 0.3 is 0 Å². The van der Waals surface area contributed by atoms with Gasteiger partial charge in [0.15, 0.2) is 0 Å². The van der Waals surface area contributed by atoms with Gasteiger partial charge < -0.3 is 9.67 Å². The van der Waals surface area contributed by atoms with Gasteiger partial charge in [-0.25, -0.2) is 8.42 Å². The summed E-state index contributed by atoms with van der Waals surface area (Å²) < 4.78 is 27.3. The molecule has 0 saturated heterocycles. The molecule has 0 bridgehead atoms. The van der Waals surface area contributed by atoms with E-state index < -0.39 is 10.0 Å². The molecule has 0 aliphatic heterocycles. The molecule has 0 atom stereocenters. The SMILES string of the molecule is CN(C1CC1)S(=O)(=O)c1cc(CO)n(C)c1. The van der Waals surface area contributed by atoms with Crippen LogP contribution in [0.3, 0.4) is 0 Å². The Hall–Kier alpha value is -0.850. The molecular weight excluding hydrogens is 228 g/mol. The summed E-state index contributed by atoms with van der Waals surface area (Å²) >= 11 is 0. The maximum Gasteiger partial charge on any atom is 0.244 e. The molecule has 0 unspecified atom stereocenters. The van der Waals surface area contributed by atoms with Gasteiger partial charge in [0.1, 0.15) is 4.90 Å². The number of nitrogens with zero attached hydrogens (tertiary/aromatic N) is 2. The van der Waals surface area contributed by atoms with Crippen LogP contribution >= 0.6 is 0 Å². The molecule has 0 amide bonds. The van der Waals surface area contributed by atoms with Crippen molar-refractivity contribution in [2.45, 2.75) is 30.4 Å². The first-order valence-electron chi connectivity index (χ1n) is 5.21. The van der Waals surface area contributed by atoms with Crippen molar-refractivity contribution in [2.24, 2.45) is 7.05 Å². The first kappa shape index (κ1) is 11.6. The third-order valence-electron chi connectivity index (χ3n) is 2.98. The van der Waals surface area contributed by atoms with E-state index in [1.165, 1.54) is 10.4 Å². The molecule has 16 heavy (non-hydrogen) atoms. The molecule has 0 radical (unpaired) electrons. The lowest BCUT2D eigenvalue weighted by Crippen LogP contribution is -2.28. The Morgan fingerprint density at radius 2 is 2.19 bits per heavy atom. The molecule has 1 heterocycles. The fourth-order valence-electron chi connectivity index (χ4n) is 1.68. The molecule has 0 spiro atoms. The molecule has 1 aliphatic rings. The monoisotopic (exact) mass is 244 g/mol. The van der Waals surface area contributed by atoms with Gasteiger partial charge in [-0.2, -0.15) is 4.31 Å². The van der Waals surface area contributed by atoms with Crippen LogP contribution in [0.1, 0.15) is 18.5 Å². The van der Waals surface area contributed by atoms with E-state index in [9.17, 15) is 8.42 Å². The molecule has 1 N–H and O–H groups in total. The molecule has 1 aromatic rings. The van der Waals surface area contributed by atoms with E-state index in [4.69, 9.17) is 5.11 Å². The van der Waals surface area contributed by atoms with Crippen LogP contribution in [0.4, 0.5) is 0 Å². The van der Waals surface area contributed by atoms with Gasteiger partial charge in [0.2, 0.25) is 10.0 Å². The summed E-state index contributed by atoms with van der Waals surface area (Å²) in [6.45, 7) is -0.154. The lowest BCUT2D eigenvalue weighted by molar-refractivity contribution is 0.272. The van der Waals surface area contributed by atoms with Crippen molar-refractivity contribution in [3.8, 4) is 0 Å². The first-order chi connectivity index (χ1) is 7.46. The molecule has 90 valence electrons. The molecule has 1 aromatic heterocycles. The topological polar surface area (TPSA) is 62.5 Å². The smallest absolute Gasteiger partial charge is 0.244 e. The Balaban J connectivity index is 2.34. The maximum absolute atomic E-state index is 12.1. The zero-order valence-electron chi connectivity index (χ0n) is 9.42. The van der Waals surface area contributed by atoms with Gasteiger partial charge in [-0.3, -0.25) is 0 Å². The second-order valence-corrected chi connectivity index (χ2v) is 6.19. The fourth-order valence-corrected chi connectivity index (χ4v) is 3.19. The van der Waals surface area contributed by atoms with Crippen LogP contribution in [-0.4, -0.2) is 35.5 Å². The van der Waals surface area contributed by atoms with Crippen molar-refractivity contribution >= 4 is 10.0 Å². The Bertz CT molecular complexity index is 488. The van der Waals surface area contributed by atoms with Crippen LogP contribution in [0.15, 0.2) is 17.2 Å². The lowest BCUT2D eigenvalue weighted by Gasteiger charge is -2.14. The third-order valence-corrected chi connectivity index (χ3v) is 4.86. The van der Waals surface area contributed by atoms with Crippen LogP contribution in [0.5, 0.6) is 0 Å². The van der Waals surface area contributed by atoms with Crippen LogP contribution < -0.4 is 0 Å². The van der Waals surface area contributed by atoms with Crippen LogP contribution in [0.2, 0.25) is 0 Å². The largest absolute Gasteiger partial charge is 0.390 e. The Morgan fingerprint density at radius 3 is 2.62 bits per heavy atom. The second kappa shape index (κ2) is 3.87. The Labute approximate surface area is 95.3 Å². The van der Waals surface area contributed by atoms with E-state index in [1.54, 1.807) is 24.9 Å². The molecule has 6 heteroatoms. The first-order valence-corrected chi connectivity index (χ1v) is 6.65. The normalized spacial score (nSPS) is 17.0. The zero-order chi connectivity index (χ0) is 11.9. The summed E-state index contributed by atoms with van der Waals surface area (Å²) in [7, 11) is -0.0525. The van der Waals surface area contributed by atoms with Gasteiger partial charge in [0.25, 0.3) is 0 Å². The summed E-state index contributed by atoms with van der Waals surface area (Å²) in [6, 6.07) is 1.68. The van der Waals surface area contributed by atoms with Crippen molar-refractivity contribution in [1.82, 2.24) is 8.87 Å². The number of sulfonamides is 1. The number of aliphatic hydroxyl groups is 1. The molecule has 0 aromatic carbocycles. The van der Waals surface area contributed by atoms with Gasteiger partial charge in [-0.05, 0) is 18.9 Å². The number of rotatable bonds is 4. The molecule has 2 rings (SSSR count). The number of aliphatic hydroxyl groups excluding tert-OH is 1. The minimum atomic E-state index is -3.39. The molecule has 5 nitrogen and oxygen atoms in total. The van der Waals surface area contributed by atoms with Crippen LogP contribution in [0, 0.1) is 0 Å². The standard InChI is InChI=1S/C10H16N2O3S/c1-11-6-10(5-9(11)7-13)16(14,15)12(2)8-3-4-8/h5-6,8,13H,3-4,7H2,1-2H3. The van der Waals surface area contributed by atoms with Gasteiger partial charge in [0.05, 0.1) is 6.61 Å². The molecule has 1 fully saturated rings. The van der Waals surface area contributed by atoms with Crippen molar-refractivity contribution in [3.05, 3.63) is 18.0 Å². The van der Waals surface area contributed by atoms with Crippen molar-refractivity contribution in [1.29, 1.82) is 0 Å². The van der Waals surface area contributed by atoms with Crippen LogP contribution in [-0.2, 0) is 23.7 Å². The Morgan fingerprint density at radius 1 is 1.56 bits per heavy atom. The maximum atomic E-state index is 12.1. The second-order valence-electron chi connectivity index (χ2n) is 4.19.